The Hall–Kier alpha value is -1.27. The van der Waals surface area contributed by atoms with Crippen LogP contribution < -0.4 is 15.5 Å². The van der Waals surface area contributed by atoms with Crippen molar-refractivity contribution in [3.63, 3.8) is 0 Å². The van der Waals surface area contributed by atoms with Gasteiger partial charge in [-0.25, -0.2) is 4.98 Å². The summed E-state index contributed by atoms with van der Waals surface area (Å²) >= 11 is 1.76. The van der Waals surface area contributed by atoms with E-state index in [1.807, 2.05) is 6.20 Å². The van der Waals surface area contributed by atoms with E-state index in [4.69, 9.17) is 0 Å². The zero-order valence-corrected chi connectivity index (χ0v) is 13.9. The Labute approximate surface area is 136 Å². The monoisotopic (exact) mass is 320 g/mol. The number of amides is 1. The van der Waals surface area contributed by atoms with Crippen LogP contribution in [0, 0.1) is 5.92 Å². The summed E-state index contributed by atoms with van der Waals surface area (Å²) < 4.78 is 0. The van der Waals surface area contributed by atoms with Gasteiger partial charge in [-0.3, -0.25) is 10.1 Å². The molecule has 0 spiro atoms. The van der Waals surface area contributed by atoms with E-state index in [2.05, 4.69) is 39.6 Å². The summed E-state index contributed by atoms with van der Waals surface area (Å²) in [5, 5.41) is 6.15. The molecule has 2 fully saturated rings. The maximum atomic E-state index is 11.9. The second-order valence-electron chi connectivity index (χ2n) is 6.18. The third-order valence-electron chi connectivity index (χ3n) is 4.42. The zero-order chi connectivity index (χ0) is 15.4. The molecule has 0 saturated carbocycles. The molecule has 2 N–H and O–H groups in total. The number of carbonyl (C=O) groups excluding carboxylic acids is 1. The molecule has 2 aliphatic heterocycles. The first-order valence-corrected chi connectivity index (χ1v) is 9.16. The van der Waals surface area contributed by atoms with Gasteiger partial charge in [-0.2, -0.15) is 0 Å². The molecule has 1 aromatic rings. The van der Waals surface area contributed by atoms with E-state index >= 15 is 0 Å². The highest BCUT2D eigenvalue weighted by molar-refractivity contribution is 7.99. The van der Waals surface area contributed by atoms with Crippen molar-refractivity contribution in [1.29, 1.82) is 0 Å². The fourth-order valence-corrected chi connectivity index (χ4v) is 3.76. The second kappa shape index (κ2) is 7.33. The summed E-state index contributed by atoms with van der Waals surface area (Å²) in [6.45, 7) is 5.05. The number of pyridine rings is 1. The number of nitrogens with zero attached hydrogens (tertiary/aromatic N) is 2. The number of piperidine rings is 1. The van der Waals surface area contributed by atoms with Crippen molar-refractivity contribution in [1.82, 2.24) is 15.6 Å². The van der Waals surface area contributed by atoms with Crippen molar-refractivity contribution < 1.29 is 4.79 Å². The number of nitrogens with one attached hydrogen (secondary N) is 2. The molecule has 0 aliphatic carbocycles. The maximum absolute atomic E-state index is 11.9. The van der Waals surface area contributed by atoms with E-state index < -0.39 is 0 Å². The molecule has 6 heteroatoms. The lowest BCUT2D eigenvalue weighted by Crippen LogP contribution is -2.41. The molecule has 1 atom stereocenters. The van der Waals surface area contributed by atoms with Gasteiger partial charge in [0.1, 0.15) is 5.82 Å². The first-order chi connectivity index (χ1) is 10.7. The van der Waals surface area contributed by atoms with Crippen molar-refractivity contribution in [3.8, 4) is 0 Å². The van der Waals surface area contributed by atoms with Gasteiger partial charge in [-0.05, 0) is 30.4 Å². The Kier molecular flexibility index (Phi) is 5.20. The van der Waals surface area contributed by atoms with E-state index in [9.17, 15) is 4.79 Å². The number of rotatable bonds is 4. The molecule has 22 heavy (non-hydrogen) atoms. The lowest BCUT2D eigenvalue weighted by Gasteiger charge is -2.31. The Bertz CT molecular complexity index is 493. The molecule has 1 unspecified atom stereocenters. The van der Waals surface area contributed by atoms with Crippen LogP contribution in [0.15, 0.2) is 18.3 Å². The molecule has 2 saturated heterocycles. The van der Waals surface area contributed by atoms with E-state index in [-0.39, 0.29) is 11.9 Å². The van der Waals surface area contributed by atoms with Crippen LogP contribution in [0.4, 0.5) is 5.82 Å². The number of hydrogen-bond donors (Lipinski definition) is 2. The first-order valence-electron chi connectivity index (χ1n) is 8.01. The van der Waals surface area contributed by atoms with Crippen molar-refractivity contribution in [2.24, 2.45) is 5.92 Å². The average Bonchev–Trinajstić information content (AvgIpc) is 3.08. The van der Waals surface area contributed by atoms with Crippen molar-refractivity contribution in [2.45, 2.75) is 32.4 Å². The van der Waals surface area contributed by atoms with Crippen LogP contribution in [0.3, 0.4) is 0 Å². The van der Waals surface area contributed by atoms with E-state index in [1.54, 1.807) is 11.8 Å². The van der Waals surface area contributed by atoms with E-state index in [0.29, 0.717) is 6.54 Å². The van der Waals surface area contributed by atoms with Gasteiger partial charge in [0.25, 0.3) is 0 Å². The topological polar surface area (TPSA) is 57.3 Å². The third-order valence-corrected chi connectivity index (χ3v) is 5.36. The summed E-state index contributed by atoms with van der Waals surface area (Å²) in [6, 6.07) is 4.09. The highest BCUT2D eigenvalue weighted by Crippen LogP contribution is 2.21. The Balaban J connectivity index is 1.50. The first kappa shape index (κ1) is 15.6. The molecule has 3 heterocycles. The molecule has 2 aliphatic rings. The predicted molar refractivity (Wildman–Crippen MR) is 90.9 cm³/mol. The van der Waals surface area contributed by atoms with Gasteiger partial charge in [0.2, 0.25) is 5.91 Å². The van der Waals surface area contributed by atoms with Crippen LogP contribution in [-0.4, -0.2) is 41.7 Å². The molecule has 0 bridgehead atoms. The number of anilines is 1. The van der Waals surface area contributed by atoms with Crippen LogP contribution in [0.2, 0.25) is 0 Å². The smallest absolute Gasteiger partial charge is 0.238 e. The summed E-state index contributed by atoms with van der Waals surface area (Å²) in [5.41, 5.74) is 1.05. The zero-order valence-electron chi connectivity index (χ0n) is 13.0. The second-order valence-corrected chi connectivity index (χ2v) is 7.21. The van der Waals surface area contributed by atoms with Crippen molar-refractivity contribution in [3.05, 3.63) is 23.9 Å². The van der Waals surface area contributed by atoms with Gasteiger partial charge in [0, 0.05) is 37.5 Å². The van der Waals surface area contributed by atoms with E-state index in [1.165, 1.54) is 12.8 Å². The third kappa shape index (κ3) is 3.93. The molecular weight excluding hydrogens is 296 g/mol. The molecule has 120 valence electrons. The molecule has 0 radical (unpaired) electrons. The van der Waals surface area contributed by atoms with Gasteiger partial charge in [0.05, 0.1) is 6.04 Å². The van der Waals surface area contributed by atoms with Crippen molar-refractivity contribution in [2.75, 3.05) is 29.6 Å². The molecule has 0 aromatic carbocycles. The molecular formula is C16H24N4OS. The number of hydrogen-bond acceptors (Lipinski definition) is 5. The minimum atomic E-state index is -0.0485. The molecule has 3 rings (SSSR count). The summed E-state index contributed by atoms with van der Waals surface area (Å²) in [4.78, 5) is 18.9. The summed E-state index contributed by atoms with van der Waals surface area (Å²) in [5.74, 6) is 3.68. The normalized spacial score (nSPS) is 22.8. The Morgan fingerprint density at radius 1 is 1.45 bits per heavy atom. The Morgan fingerprint density at radius 2 is 2.27 bits per heavy atom. The van der Waals surface area contributed by atoms with Gasteiger partial charge in [0.15, 0.2) is 0 Å². The lowest BCUT2D eigenvalue weighted by atomic mass is 9.99. The highest BCUT2D eigenvalue weighted by Gasteiger charge is 2.22. The van der Waals surface area contributed by atoms with Gasteiger partial charge >= 0.3 is 0 Å². The molecule has 5 nitrogen and oxygen atoms in total. The Morgan fingerprint density at radius 3 is 2.91 bits per heavy atom. The van der Waals surface area contributed by atoms with Crippen LogP contribution in [0.1, 0.15) is 25.3 Å². The van der Waals surface area contributed by atoms with Crippen LogP contribution in [0.25, 0.3) is 0 Å². The molecule has 1 aromatic heterocycles. The maximum Gasteiger partial charge on any atom is 0.238 e. The van der Waals surface area contributed by atoms with Crippen molar-refractivity contribution >= 4 is 23.5 Å². The van der Waals surface area contributed by atoms with E-state index in [0.717, 1.165) is 42.0 Å². The lowest BCUT2D eigenvalue weighted by molar-refractivity contribution is -0.122. The van der Waals surface area contributed by atoms with Crippen LogP contribution in [0.5, 0.6) is 0 Å². The minimum absolute atomic E-state index is 0.0485. The summed E-state index contributed by atoms with van der Waals surface area (Å²) in [6.07, 6.45) is 4.36. The fraction of sp³-hybridized carbons (Fsp3) is 0.625. The fourth-order valence-electron chi connectivity index (χ4n) is 2.82. The predicted octanol–water partition coefficient (Wildman–Crippen LogP) is 1.60. The molecule has 1 amide bonds. The number of carbonyl (C=O) groups is 1. The van der Waals surface area contributed by atoms with Gasteiger partial charge in [-0.1, -0.05) is 13.0 Å². The number of thioether (sulfide) groups is 1. The van der Waals surface area contributed by atoms with Crippen LogP contribution >= 0.6 is 11.8 Å². The highest BCUT2D eigenvalue weighted by atomic mass is 32.2. The number of aromatic nitrogens is 1. The average molecular weight is 320 g/mol. The largest absolute Gasteiger partial charge is 0.357 e. The summed E-state index contributed by atoms with van der Waals surface area (Å²) in [7, 11) is 0. The van der Waals surface area contributed by atoms with Gasteiger partial charge in [-0.15, -0.1) is 11.8 Å². The van der Waals surface area contributed by atoms with Crippen LogP contribution in [-0.2, 0) is 11.3 Å². The SMILES string of the molecule is CC1CCN(c2ccc(CNC(=O)C3CSCN3)cn2)CC1. The minimum Gasteiger partial charge on any atom is -0.357 e. The quantitative estimate of drug-likeness (QED) is 0.882. The van der Waals surface area contributed by atoms with Gasteiger partial charge < -0.3 is 10.2 Å². The standard InChI is InChI=1S/C16H24N4OS/c1-12-4-6-20(7-5-12)15-3-2-13(8-17-15)9-18-16(21)14-10-22-11-19-14/h2-3,8,12,14,19H,4-7,9-11H2,1H3,(H,18,21).